The summed E-state index contributed by atoms with van der Waals surface area (Å²) in [5, 5.41) is 6.24. The van der Waals surface area contributed by atoms with Crippen LogP contribution < -0.4 is 5.56 Å². The van der Waals surface area contributed by atoms with Crippen LogP contribution in [-0.2, 0) is 9.47 Å². The summed E-state index contributed by atoms with van der Waals surface area (Å²) in [6, 6.07) is 8.86. The molecule has 0 aliphatic carbocycles. The van der Waals surface area contributed by atoms with Crippen LogP contribution in [-0.4, -0.2) is 37.4 Å². The molecule has 3 aromatic rings. The number of carbonyl (C=O) groups is 1. The molecular formula is C20H22N4O4. The molecule has 1 aliphatic rings. The van der Waals surface area contributed by atoms with E-state index in [2.05, 4.69) is 15.2 Å². The zero-order valence-electron chi connectivity index (χ0n) is 16.0. The van der Waals surface area contributed by atoms with E-state index in [1.165, 1.54) is 12.5 Å². The van der Waals surface area contributed by atoms with Crippen LogP contribution in [0.25, 0.3) is 11.0 Å². The van der Waals surface area contributed by atoms with Gasteiger partial charge in [-0.15, -0.1) is 0 Å². The van der Waals surface area contributed by atoms with E-state index in [0.29, 0.717) is 11.1 Å². The quantitative estimate of drug-likeness (QED) is 0.697. The lowest BCUT2D eigenvalue weighted by molar-refractivity contribution is -0.0946. The third kappa shape index (κ3) is 2.80. The molecule has 0 radical (unpaired) electrons. The molecule has 146 valence electrons. The second-order valence-electron chi connectivity index (χ2n) is 7.25. The van der Waals surface area contributed by atoms with Gasteiger partial charge in [0.2, 0.25) is 0 Å². The fourth-order valence-electron chi connectivity index (χ4n) is 3.85. The number of fused-ring (bicyclic) bond motifs is 1. The number of benzene rings is 1. The number of rotatable bonds is 4. The molecule has 1 fully saturated rings. The minimum Gasteiger partial charge on any atom is -0.451 e. The Morgan fingerprint density at radius 3 is 2.82 bits per heavy atom. The second-order valence-corrected chi connectivity index (χ2v) is 7.25. The van der Waals surface area contributed by atoms with Crippen molar-refractivity contribution < 1.29 is 14.3 Å². The second kappa shape index (κ2) is 6.87. The third-order valence-electron chi connectivity index (χ3n) is 5.63. The number of imidazole rings is 1. The number of hydrogen-bond donors (Lipinski definition) is 1. The van der Waals surface area contributed by atoms with Gasteiger partial charge in [0.05, 0.1) is 29.7 Å². The van der Waals surface area contributed by atoms with Gasteiger partial charge in [0, 0.05) is 5.92 Å². The van der Waals surface area contributed by atoms with Crippen molar-refractivity contribution in [3.63, 3.8) is 0 Å². The van der Waals surface area contributed by atoms with Crippen LogP contribution >= 0.6 is 0 Å². The maximum absolute atomic E-state index is 12.8. The molecule has 0 amide bonds. The Kier molecular flexibility index (Phi) is 4.50. The van der Waals surface area contributed by atoms with Gasteiger partial charge in [-0.2, -0.15) is 5.10 Å². The maximum Gasteiger partial charge on any atom is 0.338 e. The number of aromatic amines is 1. The van der Waals surface area contributed by atoms with E-state index in [-0.39, 0.29) is 23.1 Å². The molecule has 3 heterocycles. The zero-order chi connectivity index (χ0) is 19.9. The fraction of sp³-hybridized carbons (Fsp3) is 0.400. The topological polar surface area (TPSA) is 99.1 Å². The number of carbonyl (C=O) groups excluding carboxylic acids is 1. The highest BCUT2D eigenvalue weighted by Crippen LogP contribution is 2.47. The number of H-pyrrole nitrogens is 1. The minimum absolute atomic E-state index is 0.0671. The predicted octanol–water partition coefficient (Wildman–Crippen LogP) is 2.68. The van der Waals surface area contributed by atoms with E-state index >= 15 is 0 Å². The predicted molar refractivity (Wildman–Crippen MR) is 102 cm³/mol. The average Bonchev–Trinajstić information content (AvgIpc) is 3.23. The maximum atomic E-state index is 12.8. The Balaban J connectivity index is 1.77. The molecule has 0 saturated carbocycles. The molecule has 1 aromatic carbocycles. The lowest BCUT2D eigenvalue weighted by Crippen LogP contribution is -2.42. The van der Waals surface area contributed by atoms with Crippen LogP contribution in [0.15, 0.2) is 47.7 Å². The van der Waals surface area contributed by atoms with Crippen LogP contribution in [0.2, 0.25) is 0 Å². The van der Waals surface area contributed by atoms with Gasteiger partial charge in [-0.3, -0.25) is 9.36 Å². The van der Waals surface area contributed by atoms with Crippen LogP contribution in [0.3, 0.4) is 0 Å². The number of hydrogen-bond acceptors (Lipinski definition) is 6. The summed E-state index contributed by atoms with van der Waals surface area (Å²) in [7, 11) is 0. The fourth-order valence-corrected chi connectivity index (χ4v) is 3.85. The first-order valence-corrected chi connectivity index (χ1v) is 9.29. The van der Waals surface area contributed by atoms with Gasteiger partial charge < -0.3 is 9.47 Å². The normalized spacial score (nSPS) is 27.2. The van der Waals surface area contributed by atoms with Crippen molar-refractivity contribution >= 4 is 17.0 Å². The average molecular weight is 382 g/mol. The van der Waals surface area contributed by atoms with Crippen LogP contribution in [0.5, 0.6) is 0 Å². The molecule has 28 heavy (non-hydrogen) atoms. The van der Waals surface area contributed by atoms with Gasteiger partial charge in [-0.05, 0) is 25.5 Å². The molecule has 8 heteroatoms. The summed E-state index contributed by atoms with van der Waals surface area (Å²) >= 11 is 0. The SMILES string of the molecule is CC[C@H]1O[C@@H](n2cnc3c(=O)[nH]ncc32)[C@](C)(OC(=O)c2ccccc2)[C@@H]1C. The van der Waals surface area contributed by atoms with Gasteiger partial charge in [-0.1, -0.05) is 32.0 Å². The molecule has 0 bridgehead atoms. The standard InChI is InChI=1S/C20H22N4O4/c1-4-15-12(2)20(3,28-18(26)13-8-6-5-7-9-13)19(27-15)24-11-21-16-14(24)10-22-23-17(16)25/h5-12,15,19H,4H2,1-3H3,(H,23,25)/t12-,15-,19-,20-/m1/s1. The highest BCUT2D eigenvalue weighted by Gasteiger charge is 2.55. The summed E-state index contributed by atoms with van der Waals surface area (Å²) in [4.78, 5) is 29.0. The number of esters is 1. The van der Waals surface area contributed by atoms with Gasteiger partial charge in [0.25, 0.3) is 5.56 Å². The zero-order valence-corrected chi connectivity index (χ0v) is 16.0. The third-order valence-corrected chi connectivity index (χ3v) is 5.63. The monoisotopic (exact) mass is 382 g/mol. The lowest BCUT2D eigenvalue weighted by Gasteiger charge is -2.34. The summed E-state index contributed by atoms with van der Waals surface area (Å²) in [5.41, 5.74) is -0.0627. The molecule has 0 spiro atoms. The van der Waals surface area contributed by atoms with Gasteiger partial charge in [0.1, 0.15) is 0 Å². The van der Waals surface area contributed by atoms with E-state index in [1.807, 2.05) is 26.8 Å². The Morgan fingerprint density at radius 1 is 1.36 bits per heavy atom. The molecule has 2 aromatic heterocycles. The van der Waals surface area contributed by atoms with Crippen molar-refractivity contribution in [3.8, 4) is 0 Å². The van der Waals surface area contributed by atoms with E-state index in [1.54, 1.807) is 28.8 Å². The largest absolute Gasteiger partial charge is 0.451 e. The Hall–Kier alpha value is -3.00. The smallest absolute Gasteiger partial charge is 0.338 e. The molecule has 0 unspecified atom stereocenters. The van der Waals surface area contributed by atoms with E-state index < -0.39 is 17.8 Å². The molecular weight excluding hydrogens is 360 g/mol. The van der Waals surface area contributed by atoms with E-state index in [4.69, 9.17) is 9.47 Å². The summed E-state index contributed by atoms with van der Waals surface area (Å²) in [6.45, 7) is 5.91. The highest BCUT2D eigenvalue weighted by atomic mass is 16.6. The van der Waals surface area contributed by atoms with Crippen LogP contribution in [0.1, 0.15) is 43.8 Å². The highest BCUT2D eigenvalue weighted by molar-refractivity contribution is 5.89. The van der Waals surface area contributed by atoms with Crippen LogP contribution in [0.4, 0.5) is 0 Å². The molecule has 4 rings (SSSR count). The van der Waals surface area contributed by atoms with E-state index in [9.17, 15) is 9.59 Å². The number of nitrogens with zero attached hydrogens (tertiary/aromatic N) is 3. The number of ether oxygens (including phenoxy) is 2. The molecule has 1 saturated heterocycles. The Labute approximate surface area is 161 Å². The van der Waals surface area contributed by atoms with Crippen molar-refractivity contribution in [1.82, 2.24) is 19.7 Å². The summed E-state index contributed by atoms with van der Waals surface area (Å²) < 4.78 is 14.0. The van der Waals surface area contributed by atoms with Crippen LogP contribution in [0, 0.1) is 5.92 Å². The molecule has 4 atom stereocenters. The number of aromatic nitrogens is 4. The first-order valence-electron chi connectivity index (χ1n) is 9.29. The Morgan fingerprint density at radius 2 is 2.11 bits per heavy atom. The van der Waals surface area contributed by atoms with Gasteiger partial charge in [-0.25, -0.2) is 14.9 Å². The van der Waals surface area contributed by atoms with Gasteiger partial charge >= 0.3 is 5.97 Å². The summed E-state index contributed by atoms with van der Waals surface area (Å²) in [6.07, 6.45) is 3.09. The minimum atomic E-state index is -0.955. The molecule has 1 aliphatic heterocycles. The summed E-state index contributed by atoms with van der Waals surface area (Å²) in [5.74, 6) is -0.483. The van der Waals surface area contributed by atoms with Crippen molar-refractivity contribution in [2.75, 3.05) is 0 Å². The van der Waals surface area contributed by atoms with E-state index in [0.717, 1.165) is 6.42 Å². The van der Waals surface area contributed by atoms with Crippen molar-refractivity contribution in [2.24, 2.45) is 5.92 Å². The van der Waals surface area contributed by atoms with Gasteiger partial charge in [0.15, 0.2) is 17.3 Å². The first kappa shape index (κ1) is 18.4. The lowest BCUT2D eigenvalue weighted by atomic mass is 9.86. The Bertz CT molecular complexity index is 1060. The van der Waals surface area contributed by atoms with Crippen molar-refractivity contribution in [1.29, 1.82) is 0 Å². The first-order chi connectivity index (χ1) is 13.5. The molecule has 1 N–H and O–H groups in total. The van der Waals surface area contributed by atoms with Crippen molar-refractivity contribution in [3.05, 3.63) is 58.8 Å². The van der Waals surface area contributed by atoms with Crippen molar-refractivity contribution in [2.45, 2.75) is 45.1 Å². The molecule has 8 nitrogen and oxygen atoms in total. The number of nitrogens with one attached hydrogen (secondary N) is 1.